The average molecular weight is 232 g/mol. The number of nitrogens with zero attached hydrogens (tertiary/aromatic N) is 1. The minimum atomic E-state index is -0.507. The predicted molar refractivity (Wildman–Crippen MR) is 71.5 cm³/mol. The SMILES string of the molecule is Cc1cccc2c1N(C(C)C)C(C)(C)C(=O)N2. The molecule has 2 rings (SSSR count). The maximum absolute atomic E-state index is 12.2. The molecule has 0 aliphatic carbocycles. The minimum absolute atomic E-state index is 0.0595. The Hall–Kier alpha value is -1.51. The van der Waals surface area contributed by atoms with Gasteiger partial charge in [-0.25, -0.2) is 0 Å². The average Bonchev–Trinajstić information content (AvgIpc) is 2.20. The Morgan fingerprint density at radius 3 is 2.53 bits per heavy atom. The number of para-hydroxylation sites is 1. The Morgan fingerprint density at radius 1 is 1.29 bits per heavy atom. The monoisotopic (exact) mass is 232 g/mol. The molecule has 17 heavy (non-hydrogen) atoms. The van der Waals surface area contributed by atoms with Crippen LogP contribution in [0.3, 0.4) is 0 Å². The van der Waals surface area contributed by atoms with Gasteiger partial charge in [-0.3, -0.25) is 4.79 Å². The fourth-order valence-electron chi connectivity index (χ4n) is 2.65. The van der Waals surface area contributed by atoms with Gasteiger partial charge in [0.2, 0.25) is 5.91 Å². The van der Waals surface area contributed by atoms with Gasteiger partial charge >= 0.3 is 0 Å². The molecule has 1 aliphatic heterocycles. The van der Waals surface area contributed by atoms with E-state index in [-0.39, 0.29) is 11.9 Å². The topological polar surface area (TPSA) is 32.3 Å². The first-order valence-electron chi connectivity index (χ1n) is 6.06. The number of carbonyl (C=O) groups is 1. The maximum atomic E-state index is 12.2. The van der Waals surface area contributed by atoms with Crippen LogP contribution < -0.4 is 10.2 Å². The Bertz CT molecular complexity index is 463. The third kappa shape index (κ3) is 1.70. The van der Waals surface area contributed by atoms with Crippen LogP contribution in [0.25, 0.3) is 0 Å². The molecule has 0 atom stereocenters. The van der Waals surface area contributed by atoms with Gasteiger partial charge in [-0.1, -0.05) is 12.1 Å². The second kappa shape index (κ2) is 3.76. The number of rotatable bonds is 1. The zero-order valence-electron chi connectivity index (χ0n) is 11.2. The van der Waals surface area contributed by atoms with E-state index in [0.29, 0.717) is 0 Å². The second-order valence-electron chi connectivity index (χ2n) is 5.45. The summed E-state index contributed by atoms with van der Waals surface area (Å²) in [5.41, 5.74) is 2.76. The molecule has 0 saturated heterocycles. The number of aryl methyl sites for hydroxylation is 1. The lowest BCUT2D eigenvalue weighted by Crippen LogP contribution is -2.58. The standard InChI is InChI=1S/C14H20N2O/c1-9(2)16-12-10(3)7-6-8-11(12)15-13(17)14(16,4)5/h6-9H,1-5H3,(H,15,17). The summed E-state index contributed by atoms with van der Waals surface area (Å²) < 4.78 is 0. The first-order valence-corrected chi connectivity index (χ1v) is 6.06. The molecule has 1 aromatic carbocycles. The smallest absolute Gasteiger partial charge is 0.249 e. The van der Waals surface area contributed by atoms with Crippen molar-refractivity contribution in [2.24, 2.45) is 0 Å². The molecule has 0 bridgehead atoms. The summed E-state index contributed by atoms with van der Waals surface area (Å²) in [4.78, 5) is 14.4. The van der Waals surface area contributed by atoms with Crippen LogP contribution >= 0.6 is 0 Å². The van der Waals surface area contributed by atoms with Crippen molar-refractivity contribution in [1.82, 2.24) is 0 Å². The van der Waals surface area contributed by atoms with Gasteiger partial charge in [0, 0.05) is 6.04 Å². The van der Waals surface area contributed by atoms with Gasteiger partial charge in [-0.05, 0) is 46.2 Å². The highest BCUT2D eigenvalue weighted by Gasteiger charge is 2.41. The van der Waals surface area contributed by atoms with Crippen molar-refractivity contribution in [1.29, 1.82) is 0 Å². The van der Waals surface area contributed by atoms with Gasteiger partial charge in [0.15, 0.2) is 0 Å². The number of anilines is 2. The predicted octanol–water partition coefficient (Wildman–Crippen LogP) is 2.94. The van der Waals surface area contributed by atoms with Crippen molar-refractivity contribution in [2.75, 3.05) is 10.2 Å². The second-order valence-corrected chi connectivity index (χ2v) is 5.45. The normalized spacial score (nSPS) is 18.0. The highest BCUT2D eigenvalue weighted by molar-refractivity contribution is 6.06. The summed E-state index contributed by atoms with van der Waals surface area (Å²) in [5, 5.41) is 3.00. The third-order valence-corrected chi connectivity index (χ3v) is 3.40. The highest BCUT2D eigenvalue weighted by Crippen LogP contribution is 2.40. The molecule has 1 N–H and O–H groups in total. The lowest BCUT2D eigenvalue weighted by atomic mass is 9.93. The van der Waals surface area contributed by atoms with E-state index in [0.717, 1.165) is 11.4 Å². The van der Waals surface area contributed by atoms with Gasteiger partial charge < -0.3 is 10.2 Å². The van der Waals surface area contributed by atoms with E-state index in [1.807, 2.05) is 26.0 Å². The van der Waals surface area contributed by atoms with E-state index in [4.69, 9.17) is 0 Å². The molecule has 1 heterocycles. The quantitative estimate of drug-likeness (QED) is 0.807. The molecule has 1 amide bonds. The molecule has 3 heteroatoms. The summed E-state index contributed by atoms with van der Waals surface area (Å²) in [6, 6.07) is 6.31. The van der Waals surface area contributed by atoms with E-state index in [1.165, 1.54) is 5.56 Å². The van der Waals surface area contributed by atoms with E-state index in [2.05, 4.69) is 37.1 Å². The number of hydrogen-bond donors (Lipinski definition) is 1. The van der Waals surface area contributed by atoms with Crippen LogP contribution in [0, 0.1) is 6.92 Å². The third-order valence-electron chi connectivity index (χ3n) is 3.40. The summed E-state index contributed by atoms with van der Waals surface area (Å²) in [6.07, 6.45) is 0. The van der Waals surface area contributed by atoms with Gasteiger partial charge in [0.25, 0.3) is 0 Å². The van der Waals surface area contributed by atoms with Gasteiger partial charge in [0.05, 0.1) is 11.4 Å². The first kappa shape index (κ1) is 12.0. The number of hydrogen-bond acceptors (Lipinski definition) is 2. The van der Waals surface area contributed by atoms with Crippen LogP contribution in [-0.2, 0) is 4.79 Å². The Kier molecular flexibility index (Phi) is 2.64. The van der Waals surface area contributed by atoms with E-state index in [9.17, 15) is 4.79 Å². The summed E-state index contributed by atoms with van der Waals surface area (Å²) in [6.45, 7) is 10.3. The van der Waals surface area contributed by atoms with E-state index >= 15 is 0 Å². The van der Waals surface area contributed by atoms with Crippen LogP contribution in [0.2, 0.25) is 0 Å². The van der Waals surface area contributed by atoms with Crippen LogP contribution in [0.1, 0.15) is 33.3 Å². The zero-order chi connectivity index (χ0) is 12.8. The Labute approximate surface area is 103 Å². The molecule has 0 fully saturated rings. The van der Waals surface area contributed by atoms with Crippen LogP contribution in [0.4, 0.5) is 11.4 Å². The molecule has 0 unspecified atom stereocenters. The molecule has 1 aromatic rings. The molecular weight excluding hydrogens is 212 g/mol. The summed E-state index contributed by atoms with van der Waals surface area (Å²) >= 11 is 0. The molecule has 0 saturated carbocycles. The van der Waals surface area contributed by atoms with Crippen molar-refractivity contribution in [2.45, 2.75) is 46.2 Å². The molecule has 0 radical (unpaired) electrons. The molecule has 0 spiro atoms. The number of fused-ring (bicyclic) bond motifs is 1. The van der Waals surface area contributed by atoms with Crippen LogP contribution in [-0.4, -0.2) is 17.5 Å². The fourth-order valence-corrected chi connectivity index (χ4v) is 2.65. The zero-order valence-corrected chi connectivity index (χ0v) is 11.2. The van der Waals surface area contributed by atoms with Crippen molar-refractivity contribution in [3.8, 4) is 0 Å². The van der Waals surface area contributed by atoms with Crippen molar-refractivity contribution < 1.29 is 4.79 Å². The van der Waals surface area contributed by atoms with Gasteiger partial charge in [-0.15, -0.1) is 0 Å². The molecule has 0 aromatic heterocycles. The van der Waals surface area contributed by atoms with Crippen LogP contribution in [0.5, 0.6) is 0 Å². The summed E-state index contributed by atoms with van der Waals surface area (Å²) in [5.74, 6) is 0.0595. The fraction of sp³-hybridized carbons (Fsp3) is 0.500. The molecule has 1 aliphatic rings. The first-order chi connectivity index (χ1) is 7.85. The highest BCUT2D eigenvalue weighted by atomic mass is 16.2. The maximum Gasteiger partial charge on any atom is 0.249 e. The molecule has 3 nitrogen and oxygen atoms in total. The number of benzene rings is 1. The van der Waals surface area contributed by atoms with Crippen LogP contribution in [0.15, 0.2) is 18.2 Å². The van der Waals surface area contributed by atoms with Crippen molar-refractivity contribution in [3.05, 3.63) is 23.8 Å². The number of amides is 1. The van der Waals surface area contributed by atoms with Gasteiger partial charge in [0.1, 0.15) is 5.54 Å². The lowest BCUT2D eigenvalue weighted by Gasteiger charge is -2.47. The molecular formula is C14H20N2O. The number of nitrogens with one attached hydrogen (secondary N) is 1. The minimum Gasteiger partial charge on any atom is -0.353 e. The largest absolute Gasteiger partial charge is 0.353 e. The summed E-state index contributed by atoms with van der Waals surface area (Å²) in [7, 11) is 0. The van der Waals surface area contributed by atoms with Gasteiger partial charge in [-0.2, -0.15) is 0 Å². The van der Waals surface area contributed by atoms with E-state index < -0.39 is 5.54 Å². The van der Waals surface area contributed by atoms with Crippen molar-refractivity contribution >= 4 is 17.3 Å². The Balaban J connectivity index is 2.66. The lowest BCUT2D eigenvalue weighted by molar-refractivity contribution is -0.120. The number of carbonyl (C=O) groups excluding carboxylic acids is 1. The molecule has 92 valence electrons. The van der Waals surface area contributed by atoms with Crippen molar-refractivity contribution in [3.63, 3.8) is 0 Å². The van der Waals surface area contributed by atoms with E-state index in [1.54, 1.807) is 0 Å². The Morgan fingerprint density at radius 2 is 1.94 bits per heavy atom.